The highest BCUT2D eigenvalue weighted by Gasteiger charge is 2.08. The normalized spacial score (nSPS) is 11.6. The first-order chi connectivity index (χ1) is 7.47. The third-order valence-electron chi connectivity index (χ3n) is 2.09. The van der Waals surface area contributed by atoms with Crippen LogP contribution in [0.2, 0.25) is 0 Å². The van der Waals surface area contributed by atoms with Gasteiger partial charge in [0.1, 0.15) is 0 Å². The van der Waals surface area contributed by atoms with Crippen molar-refractivity contribution in [2.45, 2.75) is 11.8 Å². The molecule has 0 aliphatic carbocycles. The van der Waals surface area contributed by atoms with Crippen LogP contribution >= 0.6 is 11.3 Å². The molecule has 0 spiro atoms. The Balaban J connectivity index is 2.40. The van der Waals surface area contributed by atoms with Gasteiger partial charge < -0.3 is 0 Å². The lowest BCUT2D eigenvalue weighted by Crippen LogP contribution is -2.11. The second-order valence-corrected chi connectivity index (χ2v) is 6.11. The zero-order chi connectivity index (χ0) is 11.8. The highest BCUT2D eigenvalue weighted by atomic mass is 32.2. The van der Waals surface area contributed by atoms with Crippen molar-refractivity contribution in [2.75, 3.05) is 0 Å². The minimum atomic E-state index is -3.61. The van der Waals surface area contributed by atoms with Crippen LogP contribution < -0.4 is 5.14 Å². The van der Waals surface area contributed by atoms with Gasteiger partial charge in [0.05, 0.1) is 14.8 Å². The smallest absolute Gasteiger partial charge is 0.238 e. The average molecular weight is 254 g/mol. The van der Waals surface area contributed by atoms with E-state index in [9.17, 15) is 8.42 Å². The number of nitrogens with two attached hydrogens (primary N) is 1. The van der Waals surface area contributed by atoms with Crippen LogP contribution in [0.4, 0.5) is 0 Å². The van der Waals surface area contributed by atoms with Crippen LogP contribution in [0, 0.1) is 6.92 Å². The number of hydrogen-bond donors (Lipinski definition) is 1. The number of thiazole rings is 1. The maximum absolute atomic E-state index is 11.1. The number of sulfonamides is 1. The van der Waals surface area contributed by atoms with E-state index in [0.717, 1.165) is 15.4 Å². The molecule has 2 rings (SSSR count). The number of rotatable bonds is 2. The van der Waals surface area contributed by atoms with Crippen molar-refractivity contribution in [1.82, 2.24) is 4.98 Å². The maximum atomic E-state index is 11.1. The Kier molecular flexibility index (Phi) is 2.79. The van der Waals surface area contributed by atoms with Crippen LogP contribution in [-0.4, -0.2) is 13.4 Å². The largest absolute Gasteiger partial charge is 0.249 e. The molecule has 4 nitrogen and oxygen atoms in total. The Morgan fingerprint density at radius 3 is 2.31 bits per heavy atom. The lowest BCUT2D eigenvalue weighted by atomic mass is 10.2. The van der Waals surface area contributed by atoms with E-state index in [2.05, 4.69) is 4.98 Å². The summed E-state index contributed by atoms with van der Waals surface area (Å²) in [6, 6.07) is 6.46. The number of primary sulfonamides is 1. The Bertz CT molecular complexity index is 600. The summed E-state index contributed by atoms with van der Waals surface area (Å²) < 4.78 is 22.1. The highest BCUT2D eigenvalue weighted by molar-refractivity contribution is 7.89. The molecule has 0 atom stereocenters. The molecule has 0 radical (unpaired) electrons. The van der Waals surface area contributed by atoms with E-state index in [1.54, 1.807) is 29.7 Å². The number of benzene rings is 1. The van der Waals surface area contributed by atoms with E-state index in [1.165, 1.54) is 12.1 Å². The zero-order valence-electron chi connectivity index (χ0n) is 8.54. The molecular formula is C10H10N2O2S2. The van der Waals surface area contributed by atoms with Gasteiger partial charge in [-0.25, -0.2) is 18.5 Å². The van der Waals surface area contributed by atoms with E-state index < -0.39 is 10.0 Å². The molecular weight excluding hydrogens is 244 g/mol. The Morgan fingerprint density at radius 1 is 1.25 bits per heavy atom. The number of aromatic nitrogens is 1. The predicted molar refractivity (Wildman–Crippen MR) is 63.7 cm³/mol. The van der Waals surface area contributed by atoms with Crippen LogP contribution in [0.3, 0.4) is 0 Å². The Morgan fingerprint density at radius 2 is 1.88 bits per heavy atom. The highest BCUT2D eigenvalue weighted by Crippen LogP contribution is 2.26. The Hall–Kier alpha value is -1.24. The van der Waals surface area contributed by atoms with E-state index in [1.807, 2.05) is 6.92 Å². The third-order valence-corrected chi connectivity index (χ3v) is 3.98. The van der Waals surface area contributed by atoms with Crippen molar-refractivity contribution >= 4 is 21.4 Å². The molecule has 2 N–H and O–H groups in total. The van der Waals surface area contributed by atoms with Gasteiger partial charge in [0, 0.05) is 6.20 Å². The topological polar surface area (TPSA) is 73.0 Å². The van der Waals surface area contributed by atoms with Gasteiger partial charge in [0.15, 0.2) is 0 Å². The standard InChI is InChI=1S/C10H10N2O2S2/c1-7-12-6-10(15-7)8-2-4-9(5-3-8)16(11,13)14/h2-6H,1H3,(H2,11,13,14). The summed E-state index contributed by atoms with van der Waals surface area (Å²) in [4.78, 5) is 5.27. The van der Waals surface area contributed by atoms with E-state index >= 15 is 0 Å². The summed E-state index contributed by atoms with van der Waals surface area (Å²) in [6.07, 6.45) is 1.77. The first kappa shape index (κ1) is 11.3. The summed E-state index contributed by atoms with van der Waals surface area (Å²) in [6.45, 7) is 1.92. The second kappa shape index (κ2) is 3.97. The molecule has 84 valence electrons. The van der Waals surface area contributed by atoms with Gasteiger partial charge in [-0.1, -0.05) is 12.1 Å². The minimum Gasteiger partial charge on any atom is -0.249 e. The second-order valence-electron chi connectivity index (χ2n) is 3.31. The van der Waals surface area contributed by atoms with Crippen LogP contribution in [0.5, 0.6) is 0 Å². The van der Waals surface area contributed by atoms with Crippen molar-refractivity contribution in [2.24, 2.45) is 5.14 Å². The van der Waals surface area contributed by atoms with Gasteiger partial charge >= 0.3 is 0 Å². The van der Waals surface area contributed by atoms with Gasteiger partial charge in [-0.3, -0.25) is 0 Å². The fourth-order valence-electron chi connectivity index (χ4n) is 1.30. The molecule has 6 heteroatoms. The quantitative estimate of drug-likeness (QED) is 0.887. The molecule has 0 saturated heterocycles. The SMILES string of the molecule is Cc1ncc(-c2ccc(S(N)(=O)=O)cc2)s1. The van der Waals surface area contributed by atoms with Gasteiger partial charge in [-0.15, -0.1) is 11.3 Å². The van der Waals surface area contributed by atoms with Crippen LogP contribution in [0.15, 0.2) is 35.4 Å². The number of aryl methyl sites for hydroxylation is 1. The Labute approximate surface area is 97.8 Å². The van der Waals surface area contributed by atoms with Gasteiger partial charge in [-0.05, 0) is 24.6 Å². The first-order valence-electron chi connectivity index (χ1n) is 4.52. The molecule has 0 amide bonds. The summed E-state index contributed by atoms with van der Waals surface area (Å²) in [5, 5.41) is 5.99. The zero-order valence-corrected chi connectivity index (χ0v) is 10.2. The molecule has 0 bridgehead atoms. The van der Waals surface area contributed by atoms with E-state index in [0.29, 0.717) is 0 Å². The predicted octanol–water partition coefficient (Wildman–Crippen LogP) is 1.77. The molecule has 1 aromatic heterocycles. The van der Waals surface area contributed by atoms with Crippen LogP contribution in [0.1, 0.15) is 5.01 Å². The molecule has 0 aliphatic rings. The minimum absolute atomic E-state index is 0.123. The van der Waals surface area contributed by atoms with Crippen molar-refractivity contribution in [3.8, 4) is 10.4 Å². The number of nitrogens with zero attached hydrogens (tertiary/aromatic N) is 1. The molecule has 0 aliphatic heterocycles. The first-order valence-corrected chi connectivity index (χ1v) is 6.89. The molecule has 1 aromatic carbocycles. The fourth-order valence-corrected chi connectivity index (χ4v) is 2.60. The van der Waals surface area contributed by atoms with Gasteiger partial charge in [-0.2, -0.15) is 0 Å². The molecule has 0 unspecified atom stereocenters. The summed E-state index contributed by atoms with van der Waals surface area (Å²) in [7, 11) is -3.61. The molecule has 2 aromatic rings. The van der Waals surface area contributed by atoms with Crippen molar-refractivity contribution < 1.29 is 8.42 Å². The summed E-state index contributed by atoms with van der Waals surface area (Å²) in [5.41, 5.74) is 0.943. The fraction of sp³-hybridized carbons (Fsp3) is 0.100. The average Bonchev–Trinajstić information content (AvgIpc) is 2.64. The lowest BCUT2D eigenvalue weighted by Gasteiger charge is -1.99. The maximum Gasteiger partial charge on any atom is 0.238 e. The summed E-state index contributed by atoms with van der Waals surface area (Å²) >= 11 is 1.56. The van der Waals surface area contributed by atoms with E-state index in [-0.39, 0.29) is 4.90 Å². The molecule has 0 fully saturated rings. The van der Waals surface area contributed by atoms with E-state index in [4.69, 9.17) is 5.14 Å². The van der Waals surface area contributed by atoms with Crippen molar-refractivity contribution in [3.05, 3.63) is 35.5 Å². The third kappa shape index (κ3) is 2.29. The monoisotopic (exact) mass is 254 g/mol. The summed E-state index contributed by atoms with van der Waals surface area (Å²) in [5.74, 6) is 0. The van der Waals surface area contributed by atoms with Gasteiger partial charge in [0.2, 0.25) is 10.0 Å². The van der Waals surface area contributed by atoms with Crippen molar-refractivity contribution in [1.29, 1.82) is 0 Å². The van der Waals surface area contributed by atoms with Crippen molar-refractivity contribution in [3.63, 3.8) is 0 Å². The molecule has 16 heavy (non-hydrogen) atoms. The number of hydrogen-bond acceptors (Lipinski definition) is 4. The van der Waals surface area contributed by atoms with Gasteiger partial charge in [0.25, 0.3) is 0 Å². The molecule has 1 heterocycles. The van der Waals surface area contributed by atoms with Crippen LogP contribution in [0.25, 0.3) is 10.4 Å². The molecule has 0 saturated carbocycles. The van der Waals surface area contributed by atoms with Crippen LogP contribution in [-0.2, 0) is 10.0 Å². The lowest BCUT2D eigenvalue weighted by molar-refractivity contribution is 0.598.